The largest absolute Gasteiger partial charge is 0.309 e. The van der Waals surface area contributed by atoms with E-state index in [0.717, 1.165) is 21.5 Å². The van der Waals surface area contributed by atoms with E-state index in [1.165, 1.54) is 11.3 Å². The summed E-state index contributed by atoms with van der Waals surface area (Å²) in [6.45, 7) is 0. The molecule has 0 aliphatic rings. The minimum atomic E-state index is -0.940. The normalized spacial score (nSPS) is 12.7. The average Bonchev–Trinajstić information content (AvgIpc) is 2.73. The molecule has 96 valence electrons. The number of hydrogen-bond acceptors (Lipinski definition) is 2. The van der Waals surface area contributed by atoms with Crippen molar-refractivity contribution in [3.8, 4) is 0 Å². The molecule has 0 amide bonds. The highest BCUT2D eigenvalue weighted by Crippen LogP contribution is 2.33. The molecule has 1 aromatic heterocycles. The molecule has 0 aliphatic heterocycles. The van der Waals surface area contributed by atoms with E-state index in [0.29, 0.717) is 5.56 Å². The Morgan fingerprint density at radius 2 is 1.94 bits per heavy atom. The summed E-state index contributed by atoms with van der Waals surface area (Å²) >= 11 is 10.9. The molecular formula is C12H9BrClF2NS. The summed E-state index contributed by atoms with van der Waals surface area (Å²) in [4.78, 5) is 0. The van der Waals surface area contributed by atoms with Gasteiger partial charge in [0.1, 0.15) is 0 Å². The van der Waals surface area contributed by atoms with Crippen molar-refractivity contribution in [3.05, 3.63) is 55.1 Å². The zero-order chi connectivity index (χ0) is 13.3. The van der Waals surface area contributed by atoms with Crippen LogP contribution in [-0.2, 0) is 0 Å². The highest BCUT2D eigenvalue weighted by molar-refractivity contribution is 9.11. The van der Waals surface area contributed by atoms with Crippen LogP contribution in [0.4, 0.5) is 8.78 Å². The fourth-order valence-corrected chi connectivity index (χ4v) is 3.20. The molecule has 1 aromatic carbocycles. The molecule has 1 N–H and O–H groups in total. The van der Waals surface area contributed by atoms with Gasteiger partial charge in [0, 0.05) is 5.02 Å². The van der Waals surface area contributed by atoms with Gasteiger partial charge in [0.25, 0.3) is 0 Å². The smallest absolute Gasteiger partial charge is 0.160 e. The van der Waals surface area contributed by atoms with Gasteiger partial charge in [-0.3, -0.25) is 0 Å². The van der Waals surface area contributed by atoms with Crippen LogP contribution in [0.1, 0.15) is 17.2 Å². The Hall–Kier alpha value is -0.490. The van der Waals surface area contributed by atoms with Crippen molar-refractivity contribution in [3.63, 3.8) is 0 Å². The molecule has 0 saturated heterocycles. The second kappa shape index (κ2) is 5.65. The third-order valence-corrected chi connectivity index (χ3v) is 4.41. The molecule has 0 fully saturated rings. The SMILES string of the molecule is CNC(c1csc(Br)c1)c1cc(F)c(F)cc1Cl. The lowest BCUT2D eigenvalue weighted by Crippen LogP contribution is -2.17. The Kier molecular flexibility index (Phi) is 4.37. The van der Waals surface area contributed by atoms with Crippen molar-refractivity contribution < 1.29 is 8.78 Å². The molecule has 6 heteroatoms. The van der Waals surface area contributed by atoms with Crippen LogP contribution in [0.25, 0.3) is 0 Å². The first-order chi connectivity index (χ1) is 8.52. The summed E-state index contributed by atoms with van der Waals surface area (Å²) < 4.78 is 27.3. The first-order valence-corrected chi connectivity index (χ1v) is 7.13. The van der Waals surface area contributed by atoms with Crippen molar-refractivity contribution in [1.82, 2.24) is 5.32 Å². The monoisotopic (exact) mass is 351 g/mol. The summed E-state index contributed by atoms with van der Waals surface area (Å²) in [6.07, 6.45) is 0. The lowest BCUT2D eigenvalue weighted by molar-refractivity contribution is 0.505. The van der Waals surface area contributed by atoms with Crippen LogP contribution in [0, 0.1) is 11.6 Å². The predicted molar refractivity (Wildman–Crippen MR) is 74.3 cm³/mol. The van der Waals surface area contributed by atoms with Gasteiger partial charge in [-0.1, -0.05) is 11.6 Å². The Morgan fingerprint density at radius 3 is 2.50 bits per heavy atom. The summed E-state index contributed by atoms with van der Waals surface area (Å²) in [5, 5.41) is 5.19. The molecule has 1 atom stereocenters. The van der Waals surface area contributed by atoms with Gasteiger partial charge in [0.2, 0.25) is 0 Å². The second-order valence-corrected chi connectivity index (χ2v) is 6.39. The molecule has 18 heavy (non-hydrogen) atoms. The minimum Gasteiger partial charge on any atom is -0.309 e. The molecule has 1 unspecified atom stereocenters. The zero-order valence-electron chi connectivity index (χ0n) is 9.31. The van der Waals surface area contributed by atoms with E-state index < -0.39 is 11.6 Å². The van der Waals surface area contributed by atoms with Crippen molar-refractivity contribution >= 4 is 38.9 Å². The Balaban J connectivity index is 2.48. The van der Waals surface area contributed by atoms with Crippen LogP contribution in [-0.4, -0.2) is 7.05 Å². The number of hydrogen-bond donors (Lipinski definition) is 1. The van der Waals surface area contributed by atoms with Crippen LogP contribution in [0.2, 0.25) is 5.02 Å². The topological polar surface area (TPSA) is 12.0 Å². The zero-order valence-corrected chi connectivity index (χ0v) is 12.5. The van der Waals surface area contributed by atoms with Gasteiger partial charge >= 0.3 is 0 Å². The van der Waals surface area contributed by atoms with Crippen molar-refractivity contribution in [1.29, 1.82) is 0 Å². The fraction of sp³-hybridized carbons (Fsp3) is 0.167. The van der Waals surface area contributed by atoms with E-state index in [9.17, 15) is 8.78 Å². The average molecular weight is 353 g/mol. The lowest BCUT2D eigenvalue weighted by Gasteiger charge is -2.17. The van der Waals surface area contributed by atoms with E-state index >= 15 is 0 Å². The maximum absolute atomic E-state index is 13.3. The Morgan fingerprint density at radius 1 is 1.28 bits per heavy atom. The number of nitrogens with one attached hydrogen (secondary N) is 1. The summed E-state index contributed by atoms with van der Waals surface area (Å²) in [6, 6.07) is 3.78. The highest BCUT2D eigenvalue weighted by atomic mass is 79.9. The molecule has 0 radical (unpaired) electrons. The van der Waals surface area contributed by atoms with Crippen molar-refractivity contribution in [2.75, 3.05) is 7.05 Å². The van der Waals surface area contributed by atoms with Crippen LogP contribution >= 0.6 is 38.9 Å². The number of thiophene rings is 1. The third kappa shape index (κ3) is 2.74. The molecule has 1 heterocycles. The van der Waals surface area contributed by atoms with Crippen LogP contribution < -0.4 is 5.32 Å². The molecule has 1 nitrogen and oxygen atoms in total. The van der Waals surface area contributed by atoms with Crippen LogP contribution in [0.3, 0.4) is 0 Å². The van der Waals surface area contributed by atoms with Crippen molar-refractivity contribution in [2.24, 2.45) is 0 Å². The Labute approximate surface area is 121 Å². The summed E-state index contributed by atoms with van der Waals surface area (Å²) in [5.74, 6) is -1.84. The number of benzene rings is 1. The molecule has 2 rings (SSSR count). The highest BCUT2D eigenvalue weighted by Gasteiger charge is 2.19. The van der Waals surface area contributed by atoms with Gasteiger partial charge in [0.15, 0.2) is 11.6 Å². The molecule has 2 aromatic rings. The third-order valence-electron chi connectivity index (χ3n) is 2.56. The van der Waals surface area contributed by atoms with Crippen LogP contribution in [0.15, 0.2) is 27.4 Å². The van der Waals surface area contributed by atoms with E-state index in [-0.39, 0.29) is 11.1 Å². The maximum Gasteiger partial charge on any atom is 0.160 e. The van der Waals surface area contributed by atoms with Gasteiger partial charge in [0.05, 0.1) is 9.83 Å². The number of rotatable bonds is 3. The van der Waals surface area contributed by atoms with E-state index in [1.54, 1.807) is 7.05 Å². The van der Waals surface area contributed by atoms with E-state index in [4.69, 9.17) is 11.6 Å². The number of halogens is 4. The molecule has 0 aliphatic carbocycles. The second-order valence-electron chi connectivity index (χ2n) is 3.69. The quantitative estimate of drug-likeness (QED) is 0.786. The van der Waals surface area contributed by atoms with Gasteiger partial charge in [-0.2, -0.15) is 0 Å². The van der Waals surface area contributed by atoms with Gasteiger partial charge in [-0.05, 0) is 57.7 Å². The van der Waals surface area contributed by atoms with E-state index in [1.807, 2.05) is 11.4 Å². The van der Waals surface area contributed by atoms with Gasteiger partial charge in [-0.25, -0.2) is 8.78 Å². The van der Waals surface area contributed by atoms with Crippen LogP contribution in [0.5, 0.6) is 0 Å². The first kappa shape index (κ1) is 13.9. The van der Waals surface area contributed by atoms with Crippen molar-refractivity contribution in [2.45, 2.75) is 6.04 Å². The molecular weight excluding hydrogens is 344 g/mol. The predicted octanol–water partition coefficient (Wildman–Crippen LogP) is 4.75. The maximum atomic E-state index is 13.3. The first-order valence-electron chi connectivity index (χ1n) is 5.08. The Bertz CT molecular complexity index is 573. The summed E-state index contributed by atoms with van der Waals surface area (Å²) in [5.41, 5.74) is 1.46. The lowest BCUT2D eigenvalue weighted by atomic mass is 10.0. The fourth-order valence-electron chi connectivity index (χ4n) is 1.74. The standard InChI is InChI=1S/C12H9BrClF2NS/c1-17-12(6-2-11(13)18-5-6)7-3-9(15)10(16)4-8(7)14/h2-5,12,17H,1H3. The van der Waals surface area contributed by atoms with Gasteiger partial charge in [-0.15, -0.1) is 11.3 Å². The van der Waals surface area contributed by atoms with E-state index in [2.05, 4.69) is 21.2 Å². The summed E-state index contributed by atoms with van der Waals surface area (Å²) in [7, 11) is 1.74. The van der Waals surface area contributed by atoms with Gasteiger partial charge < -0.3 is 5.32 Å². The minimum absolute atomic E-state index is 0.204. The molecule has 0 saturated carbocycles. The molecule has 0 bridgehead atoms. The molecule has 0 spiro atoms.